The van der Waals surface area contributed by atoms with Crippen molar-refractivity contribution in [3.63, 3.8) is 0 Å². The van der Waals surface area contributed by atoms with Gasteiger partial charge in [-0.1, -0.05) is 249 Å². The second-order valence-corrected chi connectivity index (χ2v) is 28.5. The molecule has 0 spiro atoms. The minimum atomic E-state index is -1.45. The van der Waals surface area contributed by atoms with Crippen molar-refractivity contribution in [3.8, 4) is 18.2 Å². The fourth-order valence-electron chi connectivity index (χ4n) is 8.92. The fourth-order valence-corrected chi connectivity index (χ4v) is 10.3. The van der Waals surface area contributed by atoms with Gasteiger partial charge >= 0.3 is 95.5 Å². The first kappa shape index (κ1) is 140. The van der Waals surface area contributed by atoms with Crippen molar-refractivity contribution in [3.05, 3.63) is 355 Å². The maximum atomic E-state index is 11.4. The lowest BCUT2D eigenvalue weighted by atomic mass is 10.1. The quantitative estimate of drug-likeness (QED) is 0.00528. The summed E-state index contributed by atoms with van der Waals surface area (Å²) < 4.78 is 5.15. The van der Waals surface area contributed by atoms with Crippen LogP contribution in [0, 0.1) is 34.0 Å². The van der Waals surface area contributed by atoms with E-state index in [0.29, 0.717) is 31.5 Å². The second-order valence-electron chi connectivity index (χ2n) is 26.5. The molecule has 0 radical (unpaired) electrons. The molecule has 2 saturated heterocycles. The zero-order valence-corrected chi connectivity index (χ0v) is 84.6. The standard InChI is InChI=1S/C13H11NO2.C13H12O4.C12H12O2.2C10H10O2.C7H7NO4S.C7H7NO3S2.C7H7NO2.C7H8O4.C6H8O2.C5H5NO2.C5H6O4.C4H6O2/c1-2-3-10-4-6-11(7-5-10)8-12(9-14)13(15)16;1-2-3-9-4-6-10(7-5-9)8-11(12(14)15)13(16)17;1-2-3-10-4-6-11(7-5-10)8-9-12(13)14;1-2-4-8-5-3-6-9(7-8)10(11)12;1-2-3-8-4-6-9(7-5-8)10(11)12;1-2-4-6(11)8(3-5(9)10)7(13)12-4;1-2-4-6(11)8(3-5(9)10)7(12)13-4;1-2-3-4-6(5-8)7(9)10;1-2-3-4-5(6(8)9)7(10)11;1-2-3-4-5-6(7)8;1-2-4(3-6)5(7)8;1-2-3(4(6)7)5(8)9;1-2-3-4(5)6/h2-8H,1H3,(H,15,16);2-8H,1H3,(H,14,15)(H,16,17);2-9H,1H3,(H,13,14);2*2-7H,1H3,(H,11,12);2*2H,3H2,1H3,(H,9,10);2-4H,1H3,(H,9,10);2-4H,1H3,(H,8,9)(H,10,11);2-5H,1H3,(H,7,8);2H,1H3,(H,7,8);2H,1H3,(H,6,7)(H,8,9);2-3H,1H3,(H,5,6)/b;;;;;2*4-2+;;;;;;. The summed E-state index contributed by atoms with van der Waals surface area (Å²) in [5.74, 6) is -19.6. The molecule has 40 nitrogen and oxygen atoms in total. The van der Waals surface area contributed by atoms with E-state index in [1.165, 1.54) is 68.5 Å². The average Bonchev–Trinajstić information content (AvgIpc) is 1.70. The van der Waals surface area contributed by atoms with Crippen LogP contribution in [0.4, 0.5) is 0 Å². The molecule has 149 heavy (non-hydrogen) atoms. The van der Waals surface area contributed by atoms with Gasteiger partial charge < -0.3 is 86.4 Å². The van der Waals surface area contributed by atoms with Crippen LogP contribution in [0.1, 0.15) is 155 Å². The molecule has 7 rings (SSSR count). The summed E-state index contributed by atoms with van der Waals surface area (Å²) in [7, 11) is 0. The van der Waals surface area contributed by atoms with Crippen LogP contribution < -0.4 is 0 Å². The van der Waals surface area contributed by atoms with Gasteiger partial charge in [-0.15, -0.1) is 0 Å². The molecule has 2 heterocycles. The van der Waals surface area contributed by atoms with Crippen LogP contribution in [0.5, 0.6) is 0 Å². The molecule has 16 N–H and O–H groups in total. The number of hydrogen-bond acceptors (Lipinski definition) is 25. The highest BCUT2D eigenvalue weighted by molar-refractivity contribution is 8.26. The number of carboxylic acids is 16. The van der Waals surface area contributed by atoms with Crippen molar-refractivity contribution in [2.75, 3.05) is 13.1 Å². The molecule has 5 aromatic rings. The van der Waals surface area contributed by atoms with Gasteiger partial charge in [0.1, 0.15) is 69.1 Å². The van der Waals surface area contributed by atoms with Gasteiger partial charge in [0.15, 0.2) is 5.76 Å². The number of nitrogens with zero attached hydrogens (tertiary/aromatic N) is 5. The number of nitriles is 3. The van der Waals surface area contributed by atoms with Crippen molar-refractivity contribution >= 4 is 202 Å². The topological polar surface area (TPSA) is 718 Å². The van der Waals surface area contributed by atoms with Crippen LogP contribution in [-0.2, 0) is 81.4 Å². The van der Waals surface area contributed by atoms with E-state index in [1.54, 1.807) is 162 Å². The monoisotopic (exact) mass is 2110 g/mol. The summed E-state index contributed by atoms with van der Waals surface area (Å²) in [5, 5.41) is 158. The van der Waals surface area contributed by atoms with Crippen molar-refractivity contribution in [1.29, 1.82) is 15.8 Å². The summed E-state index contributed by atoms with van der Waals surface area (Å²) in [6.45, 7) is 21.9. The van der Waals surface area contributed by atoms with E-state index in [2.05, 4.69) is 12.2 Å². The van der Waals surface area contributed by atoms with Crippen LogP contribution in [0.25, 0.3) is 48.6 Å². The molecule has 43 heteroatoms. The smallest absolute Gasteiger partial charge is 0.346 e. The lowest BCUT2D eigenvalue weighted by Gasteiger charge is -2.09. The van der Waals surface area contributed by atoms with E-state index in [0.717, 1.165) is 91.4 Å². The Morgan fingerprint density at radius 2 is 0.685 bits per heavy atom. The van der Waals surface area contributed by atoms with Crippen LogP contribution in [0.3, 0.4) is 0 Å². The third-order valence-electron chi connectivity index (χ3n) is 15.6. The molecule has 2 amide bonds. The first-order valence-corrected chi connectivity index (χ1v) is 43.8. The third kappa shape index (κ3) is 69.0. The van der Waals surface area contributed by atoms with E-state index < -0.39 is 125 Å². The van der Waals surface area contributed by atoms with Gasteiger partial charge in [0.2, 0.25) is 0 Å². The Hall–Kier alpha value is -19.6. The van der Waals surface area contributed by atoms with Gasteiger partial charge in [-0.3, -0.25) is 29.0 Å². The largest absolute Gasteiger partial charge is 0.480 e. The Morgan fingerprint density at radius 1 is 0.329 bits per heavy atom. The van der Waals surface area contributed by atoms with Gasteiger partial charge in [-0.25, -0.2) is 67.1 Å². The number of carboxylic acid groups (broad SMARTS) is 16. The minimum Gasteiger partial charge on any atom is -0.480 e. The van der Waals surface area contributed by atoms with Crippen molar-refractivity contribution in [1.82, 2.24) is 9.80 Å². The van der Waals surface area contributed by atoms with E-state index >= 15 is 0 Å². The minimum absolute atomic E-state index is 0.0752. The molecule has 786 valence electrons. The number of allylic oxidation sites excluding steroid dienone is 19. The summed E-state index contributed by atoms with van der Waals surface area (Å²) in [4.78, 5) is 188. The number of carbonyl (C=O) groups is 18. The van der Waals surface area contributed by atoms with Crippen LogP contribution in [0.2, 0.25) is 0 Å². The molecule has 0 bridgehead atoms. The highest BCUT2D eigenvalue weighted by Crippen LogP contribution is 2.30. The first-order chi connectivity index (χ1) is 70.2. The van der Waals surface area contributed by atoms with E-state index in [1.807, 2.05) is 145 Å². The number of thiocarbonyl (C=S) groups is 2. The Balaban J connectivity index is -0.000000375. The van der Waals surface area contributed by atoms with E-state index in [9.17, 15) is 86.3 Å². The zero-order chi connectivity index (χ0) is 115. The maximum Gasteiger partial charge on any atom is 0.346 e. The highest BCUT2D eigenvalue weighted by Gasteiger charge is 2.35. The predicted octanol–water partition coefficient (Wildman–Crippen LogP) is 17.8. The first-order valence-electron chi connectivity index (χ1n) is 42.1. The number of ether oxygens (including phenoxy) is 1. The van der Waals surface area contributed by atoms with Gasteiger partial charge in [-0.05, 0) is 207 Å². The molecule has 2 aliphatic heterocycles. The van der Waals surface area contributed by atoms with Gasteiger partial charge in [0, 0.05) is 18.2 Å². The number of aliphatic carboxylic acids is 14. The molecular formula is C106H109N5O35S3. The highest BCUT2D eigenvalue weighted by atomic mass is 32.2. The Labute approximate surface area is 871 Å². The number of hydrogen-bond donors (Lipinski definition) is 16. The zero-order valence-electron chi connectivity index (χ0n) is 82.2. The van der Waals surface area contributed by atoms with E-state index in [4.69, 9.17) is 114 Å². The van der Waals surface area contributed by atoms with Crippen LogP contribution in [-0.4, -0.2) is 221 Å². The van der Waals surface area contributed by atoms with Gasteiger partial charge in [-0.2, -0.15) is 15.8 Å². The normalized spacial score (nSPS) is 12.1. The van der Waals surface area contributed by atoms with Crippen LogP contribution in [0.15, 0.2) is 299 Å². The number of aromatic carboxylic acids is 2. The fraction of sp³-hybridized carbons (Fsp3) is 0.142. The molecule has 5 aromatic carbocycles. The average molecular weight is 2110 g/mol. The lowest BCUT2D eigenvalue weighted by Crippen LogP contribution is -2.33. The Morgan fingerprint density at radius 3 is 0.966 bits per heavy atom. The number of thioether (sulfide) groups is 1. The van der Waals surface area contributed by atoms with Crippen molar-refractivity contribution < 1.29 is 173 Å². The number of rotatable bonds is 29. The summed E-state index contributed by atoms with van der Waals surface area (Å²) >= 11 is 10.6. The lowest BCUT2D eigenvalue weighted by molar-refractivity contribution is -0.142. The van der Waals surface area contributed by atoms with Crippen LogP contribution >= 0.6 is 36.2 Å². The van der Waals surface area contributed by atoms with Crippen molar-refractivity contribution in [2.45, 2.75) is 90.0 Å². The molecule has 0 atom stereocenters. The maximum absolute atomic E-state index is 11.4. The Bertz CT molecular complexity index is 6130. The predicted molar refractivity (Wildman–Crippen MR) is 565 cm³/mol. The Kier molecular flexibility index (Phi) is 79.1. The van der Waals surface area contributed by atoms with Gasteiger partial charge in [0.05, 0.1) is 16.0 Å². The molecule has 2 fully saturated rings. The molecule has 0 saturated carbocycles. The third-order valence-corrected chi connectivity index (χ3v) is 17.4. The number of amides is 2. The second kappa shape index (κ2) is 84.1. The molecule has 0 aromatic heterocycles. The molecule has 0 aliphatic carbocycles. The number of carbonyl (C=O) groups excluding carboxylic acids is 2. The summed E-state index contributed by atoms with van der Waals surface area (Å²) in [6, 6.07) is 40.1. The summed E-state index contributed by atoms with van der Waals surface area (Å²) in [6.07, 6.45) is 46.6. The summed E-state index contributed by atoms with van der Waals surface area (Å²) in [5.41, 5.74) is 5.20. The van der Waals surface area contributed by atoms with E-state index in [-0.39, 0.29) is 40.1 Å². The van der Waals surface area contributed by atoms with Gasteiger partial charge in [0.25, 0.3) is 17.0 Å². The SMILES string of the molecule is C/C=C1/OC(=S)N(CC(=O)O)C1=O.C/C=C1/SC(=S)N(CC(=O)O)C1=O.CC=C(C#N)C(=O)O.CC=C(C(=O)O)C(=O)O.CC=CC(=O)O.CC=CC=C(C#N)C(=O)O.CC=CC=C(C(=O)O)C(=O)O.CC=CC=CC(=O)O.CC=Cc1ccc(C(=O)O)cc1.CC=Cc1ccc(C=C(C#N)C(=O)O)cc1.CC=Cc1ccc(C=C(C(=O)O)C(=O)O)cc1.CC=Cc1ccc(C=CC(=O)O)cc1.CC=Cc1cccc(C(=O)O)c1. The van der Waals surface area contributed by atoms with Crippen molar-refractivity contribution in [2.24, 2.45) is 0 Å². The molecule has 0 unspecified atom stereocenters. The molecule has 2 aliphatic rings. The number of benzene rings is 5. The molecular weight excluding hydrogens is 2000 g/mol.